The zero-order chi connectivity index (χ0) is 14.5. The molecule has 4 nitrogen and oxygen atoms in total. The number of aliphatic hydroxyl groups is 1. The average Bonchev–Trinajstić information content (AvgIpc) is 2.45. The molecule has 0 aromatic heterocycles. The lowest BCUT2D eigenvalue weighted by atomic mass is 9.92. The van der Waals surface area contributed by atoms with Gasteiger partial charge in [-0.15, -0.1) is 0 Å². The van der Waals surface area contributed by atoms with Crippen LogP contribution >= 0.6 is 0 Å². The van der Waals surface area contributed by atoms with Crippen LogP contribution in [0, 0.1) is 12.8 Å². The van der Waals surface area contributed by atoms with E-state index in [1.54, 1.807) is 0 Å². The molecule has 3 N–H and O–H groups in total. The Hall–Kier alpha value is -1.39. The van der Waals surface area contributed by atoms with E-state index in [0.717, 1.165) is 30.5 Å². The van der Waals surface area contributed by atoms with Crippen molar-refractivity contribution in [2.75, 3.05) is 13.1 Å². The molecule has 1 aliphatic rings. The third-order valence-corrected chi connectivity index (χ3v) is 4.01. The Morgan fingerprint density at radius 3 is 2.95 bits per heavy atom. The number of carbonyl (C=O) groups excluding carboxylic acids is 1. The Kier molecular flexibility index (Phi) is 5.15. The molecule has 1 aliphatic heterocycles. The van der Waals surface area contributed by atoms with Gasteiger partial charge in [0.1, 0.15) is 0 Å². The molecular formula is C16H24N2O2. The van der Waals surface area contributed by atoms with Gasteiger partial charge < -0.3 is 15.7 Å². The van der Waals surface area contributed by atoms with Crippen LogP contribution < -0.4 is 10.6 Å². The molecule has 110 valence electrons. The van der Waals surface area contributed by atoms with Gasteiger partial charge in [0.15, 0.2) is 0 Å². The van der Waals surface area contributed by atoms with Crippen molar-refractivity contribution in [2.24, 2.45) is 5.92 Å². The van der Waals surface area contributed by atoms with Crippen molar-refractivity contribution in [3.05, 3.63) is 35.4 Å². The van der Waals surface area contributed by atoms with E-state index in [1.807, 2.05) is 31.2 Å². The van der Waals surface area contributed by atoms with Crippen LogP contribution in [0.15, 0.2) is 24.3 Å². The summed E-state index contributed by atoms with van der Waals surface area (Å²) < 4.78 is 0. The van der Waals surface area contributed by atoms with Crippen molar-refractivity contribution in [1.82, 2.24) is 10.6 Å². The zero-order valence-electron chi connectivity index (χ0n) is 12.2. The predicted molar refractivity (Wildman–Crippen MR) is 79.3 cm³/mol. The molecule has 0 aliphatic carbocycles. The van der Waals surface area contributed by atoms with Crippen molar-refractivity contribution < 1.29 is 9.90 Å². The van der Waals surface area contributed by atoms with Crippen LogP contribution in [0.2, 0.25) is 0 Å². The molecule has 2 rings (SSSR count). The van der Waals surface area contributed by atoms with Gasteiger partial charge in [0.2, 0.25) is 5.91 Å². The van der Waals surface area contributed by atoms with Gasteiger partial charge in [0.05, 0.1) is 6.10 Å². The molecule has 4 heteroatoms. The molecule has 3 atom stereocenters. The Morgan fingerprint density at radius 2 is 2.25 bits per heavy atom. The summed E-state index contributed by atoms with van der Waals surface area (Å²) in [7, 11) is 0. The van der Waals surface area contributed by atoms with Crippen LogP contribution in [-0.2, 0) is 4.79 Å². The summed E-state index contributed by atoms with van der Waals surface area (Å²) in [5, 5.41) is 16.4. The molecule has 0 spiro atoms. The second-order valence-electron chi connectivity index (χ2n) is 5.69. The van der Waals surface area contributed by atoms with Crippen LogP contribution in [0.3, 0.4) is 0 Å². The third kappa shape index (κ3) is 3.81. The molecule has 1 saturated heterocycles. The first-order chi connectivity index (χ1) is 9.58. The lowest BCUT2D eigenvalue weighted by molar-refractivity contribution is -0.126. The Bertz CT molecular complexity index is 462. The minimum Gasteiger partial charge on any atom is -0.387 e. The van der Waals surface area contributed by atoms with Crippen LogP contribution in [0.25, 0.3) is 0 Å². The zero-order valence-corrected chi connectivity index (χ0v) is 12.2. The van der Waals surface area contributed by atoms with E-state index in [2.05, 4.69) is 17.6 Å². The van der Waals surface area contributed by atoms with Crippen molar-refractivity contribution in [3.63, 3.8) is 0 Å². The van der Waals surface area contributed by atoms with Crippen LogP contribution in [0.1, 0.15) is 37.0 Å². The molecular weight excluding hydrogens is 252 g/mol. The van der Waals surface area contributed by atoms with E-state index in [0.29, 0.717) is 6.04 Å². The Morgan fingerprint density at radius 1 is 1.50 bits per heavy atom. The number of piperidine rings is 1. The largest absolute Gasteiger partial charge is 0.387 e. The first-order valence-corrected chi connectivity index (χ1v) is 7.32. The maximum atomic E-state index is 12.1. The molecule has 1 amide bonds. The molecule has 1 aromatic carbocycles. The summed E-state index contributed by atoms with van der Waals surface area (Å²) in [5.41, 5.74) is 1.93. The van der Waals surface area contributed by atoms with Gasteiger partial charge in [-0.1, -0.05) is 24.3 Å². The maximum absolute atomic E-state index is 12.1. The van der Waals surface area contributed by atoms with Gasteiger partial charge in [0.25, 0.3) is 0 Å². The molecule has 1 heterocycles. The molecule has 1 aromatic rings. The number of hydrogen-bond acceptors (Lipinski definition) is 3. The van der Waals surface area contributed by atoms with Crippen molar-refractivity contribution >= 4 is 5.91 Å². The van der Waals surface area contributed by atoms with E-state index in [9.17, 15) is 9.90 Å². The highest BCUT2D eigenvalue weighted by atomic mass is 16.3. The van der Waals surface area contributed by atoms with E-state index in [4.69, 9.17) is 0 Å². The highest BCUT2D eigenvalue weighted by Crippen LogP contribution is 2.18. The summed E-state index contributed by atoms with van der Waals surface area (Å²) in [6, 6.07) is 8.11. The van der Waals surface area contributed by atoms with Crippen LogP contribution in [0.5, 0.6) is 0 Å². The highest BCUT2D eigenvalue weighted by molar-refractivity contribution is 5.78. The average molecular weight is 276 g/mol. The minimum atomic E-state index is -0.640. The first-order valence-electron chi connectivity index (χ1n) is 7.32. The lowest BCUT2D eigenvalue weighted by Gasteiger charge is -2.27. The molecule has 1 fully saturated rings. The summed E-state index contributed by atoms with van der Waals surface area (Å²) in [5.74, 6) is 0.126. The minimum absolute atomic E-state index is 0.0611. The highest BCUT2D eigenvalue weighted by Gasteiger charge is 2.25. The van der Waals surface area contributed by atoms with E-state index in [-0.39, 0.29) is 18.4 Å². The van der Waals surface area contributed by atoms with Gasteiger partial charge >= 0.3 is 0 Å². The SMILES string of the molecule is Cc1ccccc1C(O)CNC(=O)[C@H]1CCN[C@@H](C)C1. The van der Waals surface area contributed by atoms with E-state index < -0.39 is 6.10 Å². The lowest BCUT2D eigenvalue weighted by Crippen LogP contribution is -2.43. The van der Waals surface area contributed by atoms with Crippen LogP contribution in [0.4, 0.5) is 0 Å². The standard InChI is InChI=1S/C16H24N2O2/c1-11-5-3-4-6-14(11)15(19)10-18-16(20)13-7-8-17-12(2)9-13/h3-6,12-13,15,17,19H,7-10H2,1-2H3,(H,18,20)/t12-,13-,15?/m0/s1. The summed E-state index contributed by atoms with van der Waals surface area (Å²) in [6.07, 6.45) is 1.10. The maximum Gasteiger partial charge on any atom is 0.223 e. The predicted octanol–water partition coefficient (Wildman–Crippen LogP) is 1.53. The second kappa shape index (κ2) is 6.86. The molecule has 20 heavy (non-hydrogen) atoms. The normalized spacial score (nSPS) is 24.1. The first kappa shape index (κ1) is 15.0. The number of amides is 1. The van der Waals surface area contributed by atoms with Gasteiger partial charge in [0, 0.05) is 18.5 Å². The smallest absolute Gasteiger partial charge is 0.223 e. The Labute approximate surface area is 120 Å². The number of benzene rings is 1. The van der Waals surface area contributed by atoms with Gasteiger partial charge in [-0.2, -0.15) is 0 Å². The van der Waals surface area contributed by atoms with E-state index in [1.165, 1.54) is 0 Å². The van der Waals surface area contributed by atoms with Crippen molar-refractivity contribution in [3.8, 4) is 0 Å². The fourth-order valence-corrected chi connectivity index (χ4v) is 2.78. The number of aryl methyl sites for hydroxylation is 1. The summed E-state index contributed by atoms with van der Waals surface area (Å²) >= 11 is 0. The molecule has 1 unspecified atom stereocenters. The van der Waals surface area contributed by atoms with Gasteiger partial charge in [-0.05, 0) is 44.4 Å². The number of hydrogen-bond donors (Lipinski definition) is 3. The second-order valence-corrected chi connectivity index (χ2v) is 5.69. The van der Waals surface area contributed by atoms with E-state index >= 15 is 0 Å². The molecule has 0 bridgehead atoms. The number of aliphatic hydroxyl groups excluding tert-OH is 1. The number of rotatable bonds is 4. The number of carbonyl (C=O) groups is 1. The number of nitrogens with one attached hydrogen (secondary N) is 2. The van der Waals surface area contributed by atoms with Gasteiger partial charge in [-0.25, -0.2) is 0 Å². The molecule has 0 radical (unpaired) electrons. The monoisotopic (exact) mass is 276 g/mol. The molecule has 0 saturated carbocycles. The Balaban J connectivity index is 1.85. The summed E-state index contributed by atoms with van der Waals surface area (Å²) in [4.78, 5) is 12.1. The third-order valence-electron chi connectivity index (χ3n) is 4.01. The van der Waals surface area contributed by atoms with Crippen molar-refractivity contribution in [2.45, 2.75) is 38.8 Å². The quantitative estimate of drug-likeness (QED) is 0.781. The fourth-order valence-electron chi connectivity index (χ4n) is 2.78. The van der Waals surface area contributed by atoms with Gasteiger partial charge in [-0.3, -0.25) is 4.79 Å². The topological polar surface area (TPSA) is 61.4 Å². The summed E-state index contributed by atoms with van der Waals surface area (Å²) in [6.45, 7) is 5.23. The fraction of sp³-hybridized carbons (Fsp3) is 0.562. The van der Waals surface area contributed by atoms with Crippen molar-refractivity contribution in [1.29, 1.82) is 0 Å². The van der Waals surface area contributed by atoms with Crippen LogP contribution in [-0.4, -0.2) is 30.1 Å².